The number of rotatable bonds is 5. The number of thiophene rings is 1. The van der Waals surface area contributed by atoms with Crippen molar-refractivity contribution in [3.8, 4) is 0 Å². The minimum absolute atomic E-state index is 0.0220. The molecule has 4 rings (SSSR count). The zero-order valence-corrected chi connectivity index (χ0v) is 16.9. The molecule has 1 amide bonds. The molecule has 28 heavy (non-hydrogen) atoms. The van der Waals surface area contributed by atoms with Gasteiger partial charge in [-0.3, -0.25) is 4.79 Å². The number of hydrogen-bond acceptors (Lipinski definition) is 8. The van der Waals surface area contributed by atoms with E-state index in [-0.39, 0.29) is 27.2 Å². The van der Waals surface area contributed by atoms with E-state index in [0.717, 1.165) is 24.0 Å². The van der Waals surface area contributed by atoms with E-state index in [1.54, 1.807) is 0 Å². The number of pyridine rings is 1. The number of amides is 1. The minimum Gasteiger partial charge on any atom is -0.354 e. The summed E-state index contributed by atoms with van der Waals surface area (Å²) in [7, 11) is -3.69. The number of aromatic nitrogens is 3. The molecule has 1 aliphatic carbocycles. The first-order valence-corrected chi connectivity index (χ1v) is 11.3. The van der Waals surface area contributed by atoms with E-state index in [1.807, 2.05) is 11.4 Å². The van der Waals surface area contributed by atoms with Crippen LogP contribution in [-0.2, 0) is 9.84 Å². The summed E-state index contributed by atoms with van der Waals surface area (Å²) in [4.78, 5) is 18.5. The van der Waals surface area contributed by atoms with Crippen molar-refractivity contribution in [2.45, 2.75) is 23.7 Å². The molecule has 146 valence electrons. The largest absolute Gasteiger partial charge is 0.354 e. The van der Waals surface area contributed by atoms with Crippen LogP contribution in [0.1, 0.15) is 38.2 Å². The maximum Gasteiger partial charge on any atom is 0.273 e. The lowest BCUT2D eigenvalue weighted by atomic mass is 10.2. The summed E-state index contributed by atoms with van der Waals surface area (Å²) in [6.45, 7) is -2.75. The van der Waals surface area contributed by atoms with E-state index in [4.69, 9.17) is 15.7 Å². The van der Waals surface area contributed by atoms with Gasteiger partial charge in [0, 0.05) is 33.7 Å². The SMILES string of the molecule is [2H]C([2H])([2H])NC(=O)c1nnc(Cl)cc1Nc1nc2sc(C3CC3)cc2cc1S(C)(=O)=O. The van der Waals surface area contributed by atoms with Crippen LogP contribution in [0, 0.1) is 0 Å². The van der Waals surface area contributed by atoms with Gasteiger partial charge in [0.1, 0.15) is 9.73 Å². The first-order valence-electron chi connectivity index (χ1n) is 9.68. The second-order valence-electron chi connectivity index (χ2n) is 6.43. The second kappa shape index (κ2) is 6.94. The van der Waals surface area contributed by atoms with Crippen molar-refractivity contribution in [2.75, 3.05) is 18.5 Å². The predicted octanol–water partition coefficient (Wildman–Crippen LogP) is 3.12. The Labute approximate surface area is 174 Å². The topological polar surface area (TPSA) is 114 Å². The van der Waals surface area contributed by atoms with Crippen LogP contribution in [-0.4, -0.2) is 42.7 Å². The first-order chi connectivity index (χ1) is 14.4. The van der Waals surface area contributed by atoms with Crippen LogP contribution in [0.15, 0.2) is 23.1 Å². The normalized spacial score (nSPS) is 16.3. The monoisotopic (exact) mass is 440 g/mol. The lowest BCUT2D eigenvalue weighted by Crippen LogP contribution is -2.21. The highest BCUT2D eigenvalue weighted by molar-refractivity contribution is 7.90. The van der Waals surface area contributed by atoms with E-state index >= 15 is 0 Å². The number of nitrogens with zero attached hydrogens (tertiary/aromatic N) is 3. The van der Waals surface area contributed by atoms with E-state index in [0.29, 0.717) is 16.1 Å². The Balaban J connectivity index is 1.80. The van der Waals surface area contributed by atoms with Crippen LogP contribution in [0.5, 0.6) is 0 Å². The predicted molar refractivity (Wildman–Crippen MR) is 108 cm³/mol. The molecule has 0 atom stereocenters. The third-order valence-corrected chi connectivity index (χ3v) is 6.72. The Morgan fingerprint density at radius 3 is 2.79 bits per heavy atom. The maximum atomic E-state index is 12.4. The van der Waals surface area contributed by atoms with Gasteiger partial charge in [-0.2, -0.15) is 0 Å². The Bertz CT molecular complexity index is 1310. The van der Waals surface area contributed by atoms with Crippen molar-refractivity contribution in [1.82, 2.24) is 20.5 Å². The molecule has 3 heterocycles. The van der Waals surface area contributed by atoms with E-state index in [2.05, 4.69) is 20.5 Å². The third-order valence-electron chi connectivity index (χ3n) is 4.22. The fourth-order valence-corrected chi connectivity index (χ4v) is 4.85. The molecular formula is C17H16ClN5O3S2. The van der Waals surface area contributed by atoms with Crippen LogP contribution in [0.25, 0.3) is 10.2 Å². The molecule has 0 spiro atoms. The van der Waals surface area contributed by atoms with Gasteiger partial charge in [0.05, 0.1) is 5.69 Å². The number of carbonyl (C=O) groups excluding carboxylic acids is 1. The van der Waals surface area contributed by atoms with Crippen molar-refractivity contribution in [2.24, 2.45) is 0 Å². The van der Waals surface area contributed by atoms with Gasteiger partial charge in [-0.1, -0.05) is 11.6 Å². The number of halogens is 1. The van der Waals surface area contributed by atoms with Crippen LogP contribution in [0.2, 0.25) is 5.15 Å². The summed E-state index contributed by atoms with van der Waals surface area (Å²) < 4.78 is 46.5. The Hall–Kier alpha value is -2.30. The molecule has 3 aromatic rings. The van der Waals surface area contributed by atoms with Gasteiger partial charge in [-0.25, -0.2) is 13.4 Å². The fourth-order valence-electron chi connectivity index (χ4n) is 2.73. The molecule has 3 aromatic heterocycles. The molecule has 11 heteroatoms. The Morgan fingerprint density at radius 2 is 2.11 bits per heavy atom. The quantitative estimate of drug-likeness (QED) is 0.626. The van der Waals surface area contributed by atoms with Gasteiger partial charge in [0.15, 0.2) is 26.5 Å². The van der Waals surface area contributed by atoms with Crippen LogP contribution in [0.3, 0.4) is 0 Å². The number of fused-ring (bicyclic) bond motifs is 1. The maximum absolute atomic E-state index is 12.4. The van der Waals surface area contributed by atoms with Crippen LogP contribution >= 0.6 is 22.9 Å². The molecule has 0 unspecified atom stereocenters. The van der Waals surface area contributed by atoms with Crippen molar-refractivity contribution >= 4 is 60.4 Å². The zero-order valence-electron chi connectivity index (χ0n) is 17.5. The molecule has 0 saturated heterocycles. The number of nitrogens with one attached hydrogen (secondary N) is 2. The molecule has 1 saturated carbocycles. The Morgan fingerprint density at radius 1 is 1.32 bits per heavy atom. The fraction of sp³-hybridized carbons (Fsp3) is 0.294. The second-order valence-corrected chi connectivity index (χ2v) is 9.87. The smallest absolute Gasteiger partial charge is 0.273 e. The number of carbonyl (C=O) groups is 1. The lowest BCUT2D eigenvalue weighted by molar-refractivity contribution is 0.0958. The van der Waals surface area contributed by atoms with E-state index < -0.39 is 22.7 Å². The number of hydrogen-bond donors (Lipinski definition) is 2. The van der Waals surface area contributed by atoms with Gasteiger partial charge in [-0.15, -0.1) is 21.5 Å². The standard InChI is InChI=1S/C17H16ClN5O3S2/c1-19-16(24)14-10(7-13(18)22-23-14)20-15-12(28(2,25)26)6-9-5-11(8-3-4-8)27-17(9)21-15/h5-8H,3-4H2,1-2H3,(H,19,24)(H,20,21,22)/i1D3. The molecule has 0 bridgehead atoms. The van der Waals surface area contributed by atoms with Gasteiger partial charge >= 0.3 is 0 Å². The lowest BCUT2D eigenvalue weighted by Gasteiger charge is -2.12. The molecule has 0 radical (unpaired) electrons. The average molecular weight is 441 g/mol. The summed E-state index contributed by atoms with van der Waals surface area (Å²) in [5.41, 5.74) is -0.399. The molecule has 1 fully saturated rings. The summed E-state index contributed by atoms with van der Waals surface area (Å²) >= 11 is 7.38. The highest BCUT2D eigenvalue weighted by atomic mass is 35.5. The minimum atomic E-state index is -3.69. The van der Waals surface area contributed by atoms with Crippen molar-refractivity contribution in [3.63, 3.8) is 0 Å². The van der Waals surface area contributed by atoms with Crippen LogP contribution < -0.4 is 10.6 Å². The van der Waals surface area contributed by atoms with E-state index in [9.17, 15) is 13.2 Å². The molecule has 0 aromatic carbocycles. The average Bonchev–Trinajstić information content (AvgIpc) is 3.39. The molecule has 8 nitrogen and oxygen atoms in total. The van der Waals surface area contributed by atoms with Gasteiger partial charge in [0.2, 0.25) is 0 Å². The Kier molecular flexibility index (Phi) is 3.87. The zero-order chi connectivity index (χ0) is 22.6. The van der Waals surface area contributed by atoms with Crippen LogP contribution in [0.4, 0.5) is 11.5 Å². The molecule has 1 aliphatic rings. The number of anilines is 2. The first kappa shape index (κ1) is 15.6. The van der Waals surface area contributed by atoms with Crippen molar-refractivity contribution < 1.29 is 17.3 Å². The van der Waals surface area contributed by atoms with Gasteiger partial charge < -0.3 is 10.6 Å². The number of sulfone groups is 1. The summed E-state index contributed by atoms with van der Waals surface area (Å²) in [6.07, 6.45) is 3.25. The van der Waals surface area contributed by atoms with Crippen molar-refractivity contribution in [1.29, 1.82) is 0 Å². The third kappa shape index (κ3) is 3.67. The highest BCUT2D eigenvalue weighted by Gasteiger charge is 2.27. The van der Waals surface area contributed by atoms with Gasteiger partial charge in [-0.05, 0) is 30.9 Å². The van der Waals surface area contributed by atoms with E-state index in [1.165, 1.54) is 23.5 Å². The van der Waals surface area contributed by atoms with Gasteiger partial charge in [0.25, 0.3) is 5.91 Å². The summed E-state index contributed by atoms with van der Waals surface area (Å²) in [5.74, 6) is -0.567. The highest BCUT2D eigenvalue weighted by Crippen LogP contribution is 2.45. The summed E-state index contributed by atoms with van der Waals surface area (Å²) in [6, 6.07) is 4.72. The molecule has 2 N–H and O–H groups in total. The summed E-state index contributed by atoms with van der Waals surface area (Å²) in [5, 5.41) is 12.5. The molecular weight excluding hydrogens is 422 g/mol. The molecule has 0 aliphatic heterocycles. The van der Waals surface area contributed by atoms with Crippen molar-refractivity contribution in [3.05, 3.63) is 33.9 Å².